The van der Waals surface area contributed by atoms with E-state index in [0.717, 1.165) is 22.6 Å². The maximum atomic E-state index is 5.76. The molecule has 0 bridgehead atoms. The van der Waals surface area contributed by atoms with Crippen molar-refractivity contribution >= 4 is 11.4 Å². The first-order valence-corrected chi connectivity index (χ1v) is 5.59. The fraction of sp³-hybridized carbons (Fsp3) is 0.214. The van der Waals surface area contributed by atoms with Crippen molar-refractivity contribution in [3.05, 3.63) is 42.1 Å². The SMILES string of the molecule is Cc1nc(-c2ccc(N(C)C)cc2)ccc1N. The summed E-state index contributed by atoms with van der Waals surface area (Å²) in [6.45, 7) is 1.92. The monoisotopic (exact) mass is 227 g/mol. The fourth-order valence-corrected chi connectivity index (χ4v) is 1.66. The van der Waals surface area contributed by atoms with Crippen LogP contribution in [-0.4, -0.2) is 19.1 Å². The molecule has 2 rings (SSSR count). The molecule has 1 aromatic carbocycles. The Morgan fingerprint density at radius 3 is 2.18 bits per heavy atom. The van der Waals surface area contributed by atoms with E-state index in [1.54, 1.807) is 0 Å². The summed E-state index contributed by atoms with van der Waals surface area (Å²) in [4.78, 5) is 6.55. The fourth-order valence-electron chi connectivity index (χ4n) is 1.66. The van der Waals surface area contributed by atoms with E-state index in [2.05, 4.69) is 34.1 Å². The topological polar surface area (TPSA) is 42.2 Å². The third-order valence-electron chi connectivity index (χ3n) is 2.81. The van der Waals surface area contributed by atoms with E-state index in [1.807, 2.05) is 33.2 Å². The molecule has 2 aromatic rings. The Balaban J connectivity index is 2.36. The molecular formula is C14H17N3. The van der Waals surface area contributed by atoms with Crippen LogP contribution in [0, 0.1) is 6.92 Å². The molecule has 1 aromatic heterocycles. The van der Waals surface area contributed by atoms with Crippen molar-refractivity contribution in [2.45, 2.75) is 6.92 Å². The van der Waals surface area contributed by atoms with Gasteiger partial charge in [0.25, 0.3) is 0 Å². The van der Waals surface area contributed by atoms with Crippen LogP contribution >= 0.6 is 0 Å². The van der Waals surface area contributed by atoms with Crippen LogP contribution in [0.3, 0.4) is 0 Å². The lowest BCUT2D eigenvalue weighted by molar-refractivity contribution is 1.13. The smallest absolute Gasteiger partial charge is 0.0706 e. The van der Waals surface area contributed by atoms with Crippen molar-refractivity contribution in [1.82, 2.24) is 4.98 Å². The lowest BCUT2D eigenvalue weighted by Gasteiger charge is -2.12. The number of aromatic nitrogens is 1. The molecule has 0 saturated carbocycles. The molecule has 0 aliphatic rings. The number of hydrogen-bond acceptors (Lipinski definition) is 3. The number of nitrogen functional groups attached to an aromatic ring is 1. The van der Waals surface area contributed by atoms with E-state index in [1.165, 1.54) is 5.69 Å². The predicted molar refractivity (Wildman–Crippen MR) is 73.1 cm³/mol. The van der Waals surface area contributed by atoms with E-state index in [9.17, 15) is 0 Å². The summed E-state index contributed by atoms with van der Waals surface area (Å²) in [7, 11) is 4.06. The number of benzene rings is 1. The molecule has 0 atom stereocenters. The number of nitrogens with zero attached hydrogens (tertiary/aromatic N) is 2. The first-order valence-electron chi connectivity index (χ1n) is 5.59. The average Bonchev–Trinajstić information content (AvgIpc) is 2.33. The lowest BCUT2D eigenvalue weighted by Crippen LogP contribution is -2.07. The van der Waals surface area contributed by atoms with Gasteiger partial charge in [-0.15, -0.1) is 0 Å². The molecule has 3 heteroatoms. The van der Waals surface area contributed by atoms with Gasteiger partial charge in [0.05, 0.1) is 17.1 Å². The van der Waals surface area contributed by atoms with Crippen molar-refractivity contribution in [1.29, 1.82) is 0 Å². The molecule has 0 radical (unpaired) electrons. The van der Waals surface area contributed by atoms with Crippen LogP contribution in [0.4, 0.5) is 11.4 Å². The highest BCUT2D eigenvalue weighted by Gasteiger charge is 2.02. The summed E-state index contributed by atoms with van der Waals surface area (Å²) in [5.74, 6) is 0. The second-order valence-electron chi connectivity index (χ2n) is 4.31. The van der Waals surface area contributed by atoms with Crippen LogP contribution in [0.1, 0.15) is 5.69 Å². The minimum absolute atomic E-state index is 0.735. The molecule has 0 spiro atoms. The van der Waals surface area contributed by atoms with Crippen LogP contribution in [0.15, 0.2) is 36.4 Å². The highest BCUT2D eigenvalue weighted by atomic mass is 15.1. The Kier molecular flexibility index (Phi) is 3.00. The van der Waals surface area contributed by atoms with Crippen LogP contribution < -0.4 is 10.6 Å². The first-order chi connectivity index (χ1) is 8.08. The normalized spacial score (nSPS) is 10.3. The number of pyridine rings is 1. The van der Waals surface area contributed by atoms with Crippen molar-refractivity contribution in [3.8, 4) is 11.3 Å². The van der Waals surface area contributed by atoms with Crippen molar-refractivity contribution in [2.75, 3.05) is 24.7 Å². The molecule has 88 valence electrons. The van der Waals surface area contributed by atoms with Gasteiger partial charge in [-0.1, -0.05) is 12.1 Å². The summed E-state index contributed by atoms with van der Waals surface area (Å²) in [5, 5.41) is 0. The van der Waals surface area contributed by atoms with Gasteiger partial charge < -0.3 is 10.6 Å². The predicted octanol–water partition coefficient (Wildman–Crippen LogP) is 2.71. The third-order valence-corrected chi connectivity index (χ3v) is 2.81. The van der Waals surface area contributed by atoms with Crippen LogP contribution in [0.25, 0.3) is 11.3 Å². The van der Waals surface area contributed by atoms with Gasteiger partial charge in [-0.25, -0.2) is 0 Å². The van der Waals surface area contributed by atoms with Crippen LogP contribution in [0.2, 0.25) is 0 Å². The van der Waals surface area contributed by atoms with Crippen molar-refractivity contribution in [2.24, 2.45) is 0 Å². The minimum Gasteiger partial charge on any atom is -0.397 e. The first kappa shape index (κ1) is 11.5. The molecular weight excluding hydrogens is 210 g/mol. The Bertz CT molecular complexity index is 515. The summed E-state index contributed by atoms with van der Waals surface area (Å²) in [6.07, 6.45) is 0. The standard InChI is InChI=1S/C14H17N3/c1-10-13(15)8-9-14(16-10)11-4-6-12(7-5-11)17(2)3/h4-9H,15H2,1-3H3. The quantitative estimate of drug-likeness (QED) is 0.857. The van der Waals surface area contributed by atoms with Gasteiger partial charge in [-0.2, -0.15) is 0 Å². The van der Waals surface area contributed by atoms with Gasteiger partial charge in [0.15, 0.2) is 0 Å². The zero-order valence-corrected chi connectivity index (χ0v) is 10.4. The van der Waals surface area contributed by atoms with Crippen molar-refractivity contribution < 1.29 is 0 Å². The Morgan fingerprint density at radius 1 is 1.00 bits per heavy atom. The summed E-state index contributed by atoms with van der Waals surface area (Å²) >= 11 is 0. The Morgan fingerprint density at radius 2 is 1.65 bits per heavy atom. The van der Waals surface area contributed by atoms with E-state index in [-0.39, 0.29) is 0 Å². The van der Waals surface area contributed by atoms with Gasteiger partial charge in [0.2, 0.25) is 0 Å². The molecule has 0 saturated heterocycles. The van der Waals surface area contributed by atoms with E-state index in [4.69, 9.17) is 5.73 Å². The number of aryl methyl sites for hydroxylation is 1. The highest BCUT2D eigenvalue weighted by Crippen LogP contribution is 2.22. The molecule has 0 aliphatic carbocycles. The highest BCUT2D eigenvalue weighted by molar-refractivity contribution is 5.64. The van der Waals surface area contributed by atoms with Gasteiger partial charge in [-0.3, -0.25) is 4.98 Å². The summed E-state index contributed by atoms with van der Waals surface area (Å²) in [6, 6.07) is 12.2. The van der Waals surface area contributed by atoms with E-state index >= 15 is 0 Å². The number of nitrogens with two attached hydrogens (primary N) is 1. The molecule has 0 fully saturated rings. The van der Waals surface area contributed by atoms with Crippen LogP contribution in [0.5, 0.6) is 0 Å². The zero-order chi connectivity index (χ0) is 12.4. The Hall–Kier alpha value is -2.03. The Labute approximate surface area is 102 Å². The molecule has 0 unspecified atom stereocenters. The molecule has 3 nitrogen and oxygen atoms in total. The molecule has 0 amide bonds. The molecule has 0 aliphatic heterocycles. The zero-order valence-electron chi connectivity index (χ0n) is 10.4. The maximum absolute atomic E-state index is 5.76. The minimum atomic E-state index is 0.735. The molecule has 17 heavy (non-hydrogen) atoms. The molecule has 1 heterocycles. The third kappa shape index (κ3) is 2.38. The van der Waals surface area contributed by atoms with E-state index in [0.29, 0.717) is 0 Å². The van der Waals surface area contributed by atoms with Crippen molar-refractivity contribution in [3.63, 3.8) is 0 Å². The lowest BCUT2D eigenvalue weighted by atomic mass is 10.1. The molecule has 2 N–H and O–H groups in total. The van der Waals surface area contributed by atoms with Gasteiger partial charge in [0.1, 0.15) is 0 Å². The number of anilines is 2. The average molecular weight is 227 g/mol. The maximum Gasteiger partial charge on any atom is 0.0706 e. The summed E-state index contributed by atoms with van der Waals surface area (Å²) < 4.78 is 0. The van der Waals surface area contributed by atoms with Gasteiger partial charge in [0, 0.05) is 25.3 Å². The summed E-state index contributed by atoms with van der Waals surface area (Å²) in [5.41, 5.74) is 10.6. The van der Waals surface area contributed by atoms with E-state index < -0.39 is 0 Å². The number of rotatable bonds is 2. The van der Waals surface area contributed by atoms with Crippen LogP contribution in [-0.2, 0) is 0 Å². The number of hydrogen-bond donors (Lipinski definition) is 1. The second kappa shape index (κ2) is 4.45. The second-order valence-corrected chi connectivity index (χ2v) is 4.31. The van der Waals surface area contributed by atoms with Gasteiger partial charge in [-0.05, 0) is 31.2 Å². The van der Waals surface area contributed by atoms with Gasteiger partial charge >= 0.3 is 0 Å². The largest absolute Gasteiger partial charge is 0.397 e.